The van der Waals surface area contributed by atoms with Crippen molar-refractivity contribution >= 4 is 10.9 Å². The Kier molecular flexibility index (Phi) is 2.00. The molecule has 0 spiro atoms. The third-order valence-corrected chi connectivity index (χ3v) is 2.25. The van der Waals surface area contributed by atoms with Crippen LogP contribution in [-0.2, 0) is 0 Å². The van der Waals surface area contributed by atoms with Gasteiger partial charge in [0.25, 0.3) is 5.56 Å². The molecule has 3 heteroatoms. The van der Waals surface area contributed by atoms with E-state index in [1.54, 1.807) is 14.0 Å². The number of rotatable bonds is 1. The second-order valence-electron chi connectivity index (χ2n) is 3.21. The molecule has 0 aliphatic rings. The van der Waals surface area contributed by atoms with Gasteiger partial charge >= 0.3 is 0 Å². The second-order valence-corrected chi connectivity index (χ2v) is 3.21. The van der Waals surface area contributed by atoms with E-state index in [9.17, 15) is 4.79 Å². The highest BCUT2D eigenvalue weighted by atomic mass is 16.5. The van der Waals surface area contributed by atoms with Gasteiger partial charge in [-0.05, 0) is 19.1 Å². The number of H-pyrrole nitrogens is 1. The summed E-state index contributed by atoms with van der Waals surface area (Å²) in [7, 11) is 1.59. The van der Waals surface area contributed by atoms with E-state index < -0.39 is 0 Å². The highest BCUT2D eigenvalue weighted by Gasteiger charge is 2.02. The van der Waals surface area contributed by atoms with Gasteiger partial charge in [0.15, 0.2) is 0 Å². The monoisotopic (exact) mass is 189 g/mol. The zero-order chi connectivity index (χ0) is 10.1. The summed E-state index contributed by atoms with van der Waals surface area (Å²) < 4.78 is 5.15. The predicted molar refractivity (Wildman–Crippen MR) is 55.9 cm³/mol. The molecule has 0 fully saturated rings. The number of aromatic nitrogens is 1. The molecule has 0 bridgehead atoms. The van der Waals surface area contributed by atoms with Gasteiger partial charge in [-0.3, -0.25) is 4.79 Å². The molecule has 1 heterocycles. The summed E-state index contributed by atoms with van der Waals surface area (Å²) in [6, 6.07) is 7.53. The van der Waals surface area contributed by atoms with Gasteiger partial charge in [0.05, 0.1) is 12.6 Å². The van der Waals surface area contributed by atoms with Crippen molar-refractivity contribution in [2.75, 3.05) is 7.11 Å². The van der Waals surface area contributed by atoms with Crippen LogP contribution in [-0.4, -0.2) is 12.1 Å². The van der Waals surface area contributed by atoms with Crippen molar-refractivity contribution < 1.29 is 4.74 Å². The average molecular weight is 189 g/mol. The van der Waals surface area contributed by atoms with Crippen LogP contribution in [0.2, 0.25) is 0 Å². The van der Waals surface area contributed by atoms with E-state index in [0.717, 1.165) is 10.9 Å². The van der Waals surface area contributed by atoms with Crippen molar-refractivity contribution in [2.45, 2.75) is 6.92 Å². The highest BCUT2D eigenvalue weighted by Crippen LogP contribution is 2.21. The van der Waals surface area contributed by atoms with Gasteiger partial charge in [-0.25, -0.2) is 0 Å². The SMILES string of the molecule is COc1cccc2cc(C)c(=O)[nH]c12. The summed E-state index contributed by atoms with van der Waals surface area (Å²) in [5.74, 6) is 0.694. The molecule has 0 saturated heterocycles. The van der Waals surface area contributed by atoms with E-state index in [4.69, 9.17) is 4.74 Å². The number of para-hydroxylation sites is 1. The Labute approximate surface area is 81.3 Å². The second kappa shape index (κ2) is 3.18. The Bertz CT molecular complexity index is 528. The van der Waals surface area contributed by atoms with Crippen molar-refractivity contribution in [1.82, 2.24) is 4.98 Å². The lowest BCUT2D eigenvalue weighted by atomic mass is 10.1. The van der Waals surface area contributed by atoms with Crippen molar-refractivity contribution in [3.63, 3.8) is 0 Å². The van der Waals surface area contributed by atoms with Crippen LogP contribution in [0, 0.1) is 6.92 Å². The molecule has 1 N–H and O–H groups in total. The van der Waals surface area contributed by atoms with E-state index in [-0.39, 0.29) is 5.56 Å². The number of nitrogens with one attached hydrogen (secondary N) is 1. The summed E-state index contributed by atoms with van der Waals surface area (Å²) >= 11 is 0. The minimum absolute atomic E-state index is 0.0676. The van der Waals surface area contributed by atoms with Crippen molar-refractivity contribution in [2.24, 2.45) is 0 Å². The molecule has 0 atom stereocenters. The number of aromatic amines is 1. The smallest absolute Gasteiger partial charge is 0.251 e. The molecule has 3 nitrogen and oxygen atoms in total. The molecule has 0 aliphatic heterocycles. The Morgan fingerprint density at radius 1 is 1.36 bits per heavy atom. The first kappa shape index (κ1) is 8.81. The molecular weight excluding hydrogens is 178 g/mol. The Balaban J connectivity index is 2.88. The van der Waals surface area contributed by atoms with Crippen LogP contribution in [0.5, 0.6) is 5.75 Å². The fourth-order valence-electron chi connectivity index (χ4n) is 1.48. The van der Waals surface area contributed by atoms with Gasteiger partial charge in [0.2, 0.25) is 0 Å². The predicted octanol–water partition coefficient (Wildman–Crippen LogP) is 1.85. The van der Waals surface area contributed by atoms with Gasteiger partial charge in [0, 0.05) is 10.9 Å². The highest BCUT2D eigenvalue weighted by molar-refractivity contribution is 5.84. The number of ether oxygens (including phenoxy) is 1. The summed E-state index contributed by atoms with van der Waals surface area (Å²) in [5.41, 5.74) is 1.40. The third-order valence-electron chi connectivity index (χ3n) is 2.25. The Morgan fingerprint density at radius 2 is 2.14 bits per heavy atom. The summed E-state index contributed by atoms with van der Waals surface area (Å²) in [6.45, 7) is 1.79. The van der Waals surface area contributed by atoms with E-state index >= 15 is 0 Å². The summed E-state index contributed by atoms with van der Waals surface area (Å²) in [4.78, 5) is 14.2. The molecule has 0 saturated carbocycles. The maximum absolute atomic E-state index is 11.4. The molecule has 0 radical (unpaired) electrons. The maximum atomic E-state index is 11.4. The van der Waals surface area contributed by atoms with Crippen LogP contribution < -0.4 is 10.3 Å². The fraction of sp³-hybridized carbons (Fsp3) is 0.182. The lowest BCUT2D eigenvalue weighted by Crippen LogP contribution is -2.08. The van der Waals surface area contributed by atoms with E-state index in [2.05, 4.69) is 4.98 Å². The zero-order valence-electron chi connectivity index (χ0n) is 8.13. The molecule has 1 aromatic carbocycles. The molecule has 2 aromatic rings. The van der Waals surface area contributed by atoms with E-state index in [1.165, 1.54) is 0 Å². The molecule has 72 valence electrons. The quantitative estimate of drug-likeness (QED) is 0.743. The normalized spacial score (nSPS) is 10.4. The van der Waals surface area contributed by atoms with Gasteiger partial charge in [-0.2, -0.15) is 0 Å². The van der Waals surface area contributed by atoms with Crippen LogP contribution in [0.3, 0.4) is 0 Å². The molecule has 1 aromatic heterocycles. The van der Waals surface area contributed by atoms with Crippen molar-refractivity contribution in [3.05, 3.63) is 40.2 Å². The topological polar surface area (TPSA) is 42.1 Å². The number of fused-ring (bicyclic) bond motifs is 1. The number of hydrogen-bond donors (Lipinski definition) is 1. The number of methoxy groups -OCH3 is 1. The molecule has 14 heavy (non-hydrogen) atoms. The zero-order valence-corrected chi connectivity index (χ0v) is 8.13. The van der Waals surface area contributed by atoms with Crippen molar-refractivity contribution in [3.8, 4) is 5.75 Å². The molecule has 0 amide bonds. The van der Waals surface area contributed by atoms with Gasteiger partial charge in [-0.15, -0.1) is 0 Å². The first-order valence-corrected chi connectivity index (χ1v) is 4.39. The third kappa shape index (κ3) is 1.27. The standard InChI is InChI=1S/C11H11NO2/c1-7-6-8-4-3-5-9(14-2)10(8)12-11(7)13/h3-6H,1-2H3,(H,12,13). The largest absolute Gasteiger partial charge is 0.495 e. The van der Waals surface area contributed by atoms with Crippen LogP contribution in [0.1, 0.15) is 5.56 Å². The van der Waals surface area contributed by atoms with Crippen molar-refractivity contribution in [1.29, 1.82) is 0 Å². The molecule has 2 rings (SSSR count). The minimum atomic E-state index is -0.0676. The molecular formula is C11H11NO2. The Morgan fingerprint density at radius 3 is 2.86 bits per heavy atom. The molecule has 0 unspecified atom stereocenters. The van der Waals surface area contributed by atoms with Gasteiger partial charge in [-0.1, -0.05) is 12.1 Å². The van der Waals surface area contributed by atoms with Crippen LogP contribution >= 0.6 is 0 Å². The summed E-state index contributed by atoms with van der Waals surface area (Å²) in [6.07, 6.45) is 0. The first-order valence-electron chi connectivity index (χ1n) is 4.39. The van der Waals surface area contributed by atoms with Gasteiger partial charge in [0.1, 0.15) is 5.75 Å². The number of aryl methyl sites for hydroxylation is 1. The van der Waals surface area contributed by atoms with E-state index in [0.29, 0.717) is 11.3 Å². The Hall–Kier alpha value is -1.77. The number of hydrogen-bond acceptors (Lipinski definition) is 2. The fourth-order valence-corrected chi connectivity index (χ4v) is 1.48. The lowest BCUT2D eigenvalue weighted by molar-refractivity contribution is 0.419. The maximum Gasteiger partial charge on any atom is 0.251 e. The average Bonchev–Trinajstić information content (AvgIpc) is 2.19. The van der Waals surface area contributed by atoms with E-state index in [1.807, 2.05) is 24.3 Å². The minimum Gasteiger partial charge on any atom is -0.495 e. The van der Waals surface area contributed by atoms with Gasteiger partial charge < -0.3 is 9.72 Å². The van der Waals surface area contributed by atoms with Crippen LogP contribution in [0.25, 0.3) is 10.9 Å². The number of pyridine rings is 1. The number of benzene rings is 1. The lowest BCUT2D eigenvalue weighted by Gasteiger charge is -2.04. The van der Waals surface area contributed by atoms with Crippen LogP contribution in [0.15, 0.2) is 29.1 Å². The summed E-state index contributed by atoms with van der Waals surface area (Å²) in [5, 5.41) is 0.987. The van der Waals surface area contributed by atoms with Crippen LogP contribution in [0.4, 0.5) is 0 Å². The molecule has 0 aliphatic carbocycles. The first-order chi connectivity index (χ1) is 6.72.